The van der Waals surface area contributed by atoms with Crippen LogP contribution in [0.5, 0.6) is 0 Å². The average molecular weight is 580 g/mol. The molecule has 9 heteroatoms. The van der Waals surface area contributed by atoms with E-state index in [0.717, 1.165) is 11.1 Å². The number of nitrogens with zero attached hydrogens (tertiary/aromatic N) is 1. The van der Waals surface area contributed by atoms with Crippen LogP contribution in [0.25, 0.3) is 0 Å². The quantitative estimate of drug-likeness (QED) is 0.389. The molecule has 1 aliphatic rings. The third-order valence-electron chi connectivity index (χ3n) is 6.80. The Balaban J connectivity index is 1.96. The Morgan fingerprint density at radius 2 is 1.48 bits per heavy atom. The molecule has 4 unspecified atom stereocenters. The summed E-state index contributed by atoms with van der Waals surface area (Å²) in [4.78, 5) is 55.2. The average Bonchev–Trinajstić information content (AvgIpc) is 3.60. The lowest BCUT2D eigenvalue weighted by molar-refractivity contribution is -0.159. The summed E-state index contributed by atoms with van der Waals surface area (Å²) < 4.78 is 11.0. The first-order valence-corrected chi connectivity index (χ1v) is 14.5. The predicted octanol–water partition coefficient (Wildman–Crippen LogP) is 4.87. The van der Waals surface area contributed by atoms with Gasteiger partial charge in [-0.3, -0.25) is 9.59 Å². The molecule has 228 valence electrons. The molecule has 0 aromatic heterocycles. The number of aryl methyl sites for hydroxylation is 1. The highest BCUT2D eigenvalue weighted by Gasteiger charge is 2.47. The van der Waals surface area contributed by atoms with Crippen LogP contribution in [-0.2, 0) is 30.3 Å². The van der Waals surface area contributed by atoms with Crippen LogP contribution in [0.15, 0.2) is 54.6 Å². The van der Waals surface area contributed by atoms with E-state index in [4.69, 9.17) is 9.47 Å². The highest BCUT2D eigenvalue weighted by Crippen LogP contribution is 2.41. The Kier molecular flexibility index (Phi) is 10.4. The minimum absolute atomic E-state index is 0.167. The molecule has 2 N–H and O–H groups in total. The first-order valence-electron chi connectivity index (χ1n) is 14.5. The standard InChI is InChI=1S/C33H45N3O6/c1-21-14-12-13-17-24(21)28(36(26-18-22(26)2)27(37)20-34-31(40)42-33(6,7)8)29(38)35-25(30(39)41-32(3,4)5)19-23-15-10-9-11-16-23/h9-17,22,25-26,28H,18-20H2,1-8H3,(H,34,40)(H,35,38). The fourth-order valence-electron chi connectivity index (χ4n) is 4.74. The van der Waals surface area contributed by atoms with Crippen molar-refractivity contribution in [2.75, 3.05) is 6.54 Å². The molecule has 1 saturated carbocycles. The Morgan fingerprint density at radius 1 is 0.905 bits per heavy atom. The van der Waals surface area contributed by atoms with E-state index in [0.29, 0.717) is 12.0 Å². The minimum atomic E-state index is -1.03. The molecule has 42 heavy (non-hydrogen) atoms. The number of rotatable bonds is 10. The molecule has 0 radical (unpaired) electrons. The number of hydrogen-bond donors (Lipinski definition) is 2. The second-order valence-electron chi connectivity index (χ2n) is 13.0. The van der Waals surface area contributed by atoms with Crippen molar-refractivity contribution in [3.63, 3.8) is 0 Å². The molecule has 0 bridgehead atoms. The molecule has 9 nitrogen and oxygen atoms in total. The molecular weight excluding hydrogens is 534 g/mol. The molecule has 0 heterocycles. The van der Waals surface area contributed by atoms with Gasteiger partial charge in [-0.05, 0) is 77.5 Å². The topological polar surface area (TPSA) is 114 Å². The molecule has 0 saturated heterocycles. The number of alkyl carbamates (subject to hydrolysis) is 1. The van der Waals surface area contributed by atoms with Gasteiger partial charge >= 0.3 is 12.1 Å². The molecule has 1 fully saturated rings. The van der Waals surface area contributed by atoms with Crippen molar-refractivity contribution < 1.29 is 28.7 Å². The first-order chi connectivity index (χ1) is 19.6. The zero-order valence-corrected chi connectivity index (χ0v) is 26.0. The van der Waals surface area contributed by atoms with Gasteiger partial charge in [-0.15, -0.1) is 0 Å². The summed E-state index contributed by atoms with van der Waals surface area (Å²) in [6, 6.07) is 14.5. The van der Waals surface area contributed by atoms with E-state index in [-0.39, 0.29) is 24.9 Å². The van der Waals surface area contributed by atoms with Crippen LogP contribution < -0.4 is 10.6 Å². The third kappa shape index (κ3) is 9.60. The van der Waals surface area contributed by atoms with Crippen molar-refractivity contribution in [1.29, 1.82) is 0 Å². The Morgan fingerprint density at radius 3 is 2.02 bits per heavy atom. The molecule has 2 aromatic rings. The minimum Gasteiger partial charge on any atom is -0.458 e. The summed E-state index contributed by atoms with van der Waals surface area (Å²) in [5.41, 5.74) is 0.830. The van der Waals surface area contributed by atoms with Crippen LogP contribution in [0.1, 0.15) is 77.6 Å². The molecule has 2 aromatic carbocycles. The SMILES string of the molecule is Cc1ccccc1C(C(=O)NC(Cc1ccccc1)C(=O)OC(C)(C)C)N(C(=O)CNC(=O)OC(C)(C)C)C1CC1C. The number of carbonyl (C=O) groups excluding carboxylic acids is 4. The Hall–Kier alpha value is -3.88. The summed E-state index contributed by atoms with van der Waals surface area (Å²) >= 11 is 0. The molecule has 0 spiro atoms. The summed E-state index contributed by atoms with van der Waals surface area (Å²) in [5.74, 6) is -1.32. The Bertz CT molecular complexity index is 1260. The van der Waals surface area contributed by atoms with Crippen LogP contribution in [0, 0.1) is 12.8 Å². The van der Waals surface area contributed by atoms with Crippen molar-refractivity contribution in [3.05, 3.63) is 71.3 Å². The molecule has 3 amide bonds. The van der Waals surface area contributed by atoms with Gasteiger partial charge in [0.05, 0.1) is 0 Å². The van der Waals surface area contributed by atoms with Gasteiger partial charge in [-0.1, -0.05) is 61.5 Å². The monoisotopic (exact) mass is 579 g/mol. The van der Waals surface area contributed by atoms with Gasteiger partial charge in [0.2, 0.25) is 11.8 Å². The maximum absolute atomic E-state index is 14.3. The van der Waals surface area contributed by atoms with E-state index >= 15 is 0 Å². The van der Waals surface area contributed by atoms with Crippen molar-refractivity contribution in [3.8, 4) is 0 Å². The van der Waals surface area contributed by atoms with Gasteiger partial charge in [0.1, 0.15) is 29.8 Å². The number of carbonyl (C=O) groups is 4. The molecule has 1 aliphatic carbocycles. The highest BCUT2D eigenvalue weighted by atomic mass is 16.6. The van der Waals surface area contributed by atoms with E-state index in [1.807, 2.05) is 68.4 Å². The summed E-state index contributed by atoms with van der Waals surface area (Å²) in [7, 11) is 0. The van der Waals surface area contributed by atoms with Gasteiger partial charge in [0.15, 0.2) is 0 Å². The van der Waals surface area contributed by atoms with Crippen molar-refractivity contribution in [2.24, 2.45) is 5.92 Å². The molecular formula is C33H45N3O6. The number of esters is 1. The lowest BCUT2D eigenvalue weighted by atomic mass is 9.97. The largest absolute Gasteiger partial charge is 0.458 e. The number of nitrogens with one attached hydrogen (secondary N) is 2. The zero-order valence-electron chi connectivity index (χ0n) is 26.0. The maximum atomic E-state index is 14.3. The number of hydrogen-bond acceptors (Lipinski definition) is 6. The number of amides is 3. The van der Waals surface area contributed by atoms with Crippen molar-refractivity contribution in [2.45, 2.75) is 97.6 Å². The van der Waals surface area contributed by atoms with Crippen molar-refractivity contribution >= 4 is 23.9 Å². The fraction of sp³-hybridized carbons (Fsp3) is 0.515. The van der Waals surface area contributed by atoms with Crippen molar-refractivity contribution in [1.82, 2.24) is 15.5 Å². The fourth-order valence-corrected chi connectivity index (χ4v) is 4.74. The number of benzene rings is 2. The second kappa shape index (κ2) is 13.4. The van der Waals surface area contributed by atoms with Gasteiger partial charge in [0, 0.05) is 12.5 Å². The van der Waals surface area contributed by atoms with Gasteiger partial charge < -0.3 is 25.0 Å². The van der Waals surface area contributed by atoms with Crippen LogP contribution in [0.3, 0.4) is 0 Å². The zero-order chi connectivity index (χ0) is 31.2. The molecule has 4 atom stereocenters. The maximum Gasteiger partial charge on any atom is 0.408 e. The van der Waals surface area contributed by atoms with Crippen LogP contribution in [0.2, 0.25) is 0 Å². The summed E-state index contributed by atoms with van der Waals surface area (Å²) in [6.45, 7) is 14.1. The Labute approximate surface area is 249 Å². The second-order valence-corrected chi connectivity index (χ2v) is 13.0. The lowest BCUT2D eigenvalue weighted by Crippen LogP contribution is -2.53. The normalized spacial score (nSPS) is 17.8. The highest BCUT2D eigenvalue weighted by molar-refractivity contribution is 5.93. The van der Waals surface area contributed by atoms with Crippen LogP contribution in [-0.4, -0.2) is 58.6 Å². The van der Waals surface area contributed by atoms with Crippen LogP contribution >= 0.6 is 0 Å². The van der Waals surface area contributed by atoms with E-state index in [1.54, 1.807) is 46.4 Å². The van der Waals surface area contributed by atoms with E-state index in [9.17, 15) is 19.2 Å². The van der Waals surface area contributed by atoms with Gasteiger partial charge in [0.25, 0.3) is 0 Å². The third-order valence-corrected chi connectivity index (χ3v) is 6.80. The molecule has 0 aliphatic heterocycles. The van der Waals surface area contributed by atoms with Gasteiger partial charge in [-0.25, -0.2) is 9.59 Å². The van der Waals surface area contributed by atoms with E-state index < -0.39 is 47.2 Å². The summed E-state index contributed by atoms with van der Waals surface area (Å²) in [6.07, 6.45) is 0.216. The van der Waals surface area contributed by atoms with Crippen LogP contribution in [0.4, 0.5) is 4.79 Å². The summed E-state index contributed by atoms with van der Waals surface area (Å²) in [5, 5.41) is 5.46. The lowest BCUT2D eigenvalue weighted by Gasteiger charge is -2.34. The number of ether oxygens (including phenoxy) is 2. The smallest absolute Gasteiger partial charge is 0.408 e. The van der Waals surface area contributed by atoms with E-state index in [1.165, 1.54) is 0 Å². The predicted molar refractivity (Wildman–Crippen MR) is 160 cm³/mol. The van der Waals surface area contributed by atoms with E-state index in [2.05, 4.69) is 10.6 Å². The first kappa shape index (κ1) is 32.6. The molecule has 3 rings (SSSR count). The van der Waals surface area contributed by atoms with Gasteiger partial charge in [-0.2, -0.15) is 0 Å².